The molecule has 0 amide bonds. The van der Waals surface area contributed by atoms with Crippen molar-refractivity contribution in [2.24, 2.45) is 0 Å². The maximum atomic E-state index is 14.2. The van der Waals surface area contributed by atoms with E-state index in [0.29, 0.717) is 0 Å². The Morgan fingerprint density at radius 3 is 0.900 bits per heavy atom. The van der Waals surface area contributed by atoms with Gasteiger partial charge in [-0.3, -0.25) is 4.79 Å². The minimum atomic E-state index is -0.773. The fraction of sp³-hybridized carbons (Fsp3) is 0. The van der Waals surface area contributed by atoms with E-state index < -0.39 is 29.7 Å². The van der Waals surface area contributed by atoms with Crippen molar-refractivity contribution in [3.63, 3.8) is 0 Å². The SMILES string of the molecule is O=C(Oc1ccc(C(=O)c2ccc(OC(=O)c3ccccc3)cc2OC(=O)c2ccccc2)c(OC(=O)c2ccccc2)c1)c1ccccc1. The quantitative estimate of drug-likeness (QED) is 0.0822. The van der Waals surface area contributed by atoms with Crippen LogP contribution in [-0.4, -0.2) is 29.7 Å². The molecule has 0 fully saturated rings. The van der Waals surface area contributed by atoms with Gasteiger partial charge in [0.1, 0.15) is 23.0 Å². The molecule has 0 N–H and O–H groups in total. The third kappa shape index (κ3) is 7.87. The Bertz CT molecular complexity index is 2020. The fourth-order valence-corrected chi connectivity index (χ4v) is 4.77. The number of ketones is 1. The summed E-state index contributed by atoms with van der Waals surface area (Å²) in [6.07, 6.45) is 0. The highest BCUT2D eigenvalue weighted by atomic mass is 16.6. The number of carbonyl (C=O) groups is 5. The molecule has 9 heteroatoms. The molecule has 0 aromatic heterocycles. The van der Waals surface area contributed by atoms with E-state index in [-0.39, 0.29) is 56.4 Å². The molecule has 244 valence electrons. The molecule has 6 rings (SSSR count). The first-order chi connectivity index (χ1) is 24.4. The highest BCUT2D eigenvalue weighted by Gasteiger charge is 2.25. The first-order valence-electron chi connectivity index (χ1n) is 15.3. The van der Waals surface area contributed by atoms with Crippen molar-refractivity contribution in [3.8, 4) is 23.0 Å². The van der Waals surface area contributed by atoms with Crippen LogP contribution in [0.15, 0.2) is 158 Å². The molecule has 50 heavy (non-hydrogen) atoms. The average molecular weight is 663 g/mol. The largest absolute Gasteiger partial charge is 0.423 e. The summed E-state index contributed by atoms with van der Waals surface area (Å²) in [5.41, 5.74) is 0.765. The van der Waals surface area contributed by atoms with E-state index in [9.17, 15) is 24.0 Å². The van der Waals surface area contributed by atoms with Gasteiger partial charge in [-0.1, -0.05) is 72.8 Å². The fourth-order valence-electron chi connectivity index (χ4n) is 4.77. The van der Waals surface area contributed by atoms with Gasteiger partial charge in [0.25, 0.3) is 0 Å². The van der Waals surface area contributed by atoms with Gasteiger partial charge in [-0.2, -0.15) is 0 Å². The molecule has 6 aromatic rings. The van der Waals surface area contributed by atoms with Crippen LogP contribution in [0, 0.1) is 0 Å². The van der Waals surface area contributed by atoms with Crippen molar-refractivity contribution in [2.75, 3.05) is 0 Å². The first kappa shape index (κ1) is 32.8. The first-order valence-corrected chi connectivity index (χ1v) is 15.3. The highest BCUT2D eigenvalue weighted by Crippen LogP contribution is 2.33. The summed E-state index contributed by atoms with van der Waals surface area (Å²) in [5.74, 6) is -4.02. The molecule has 0 aliphatic heterocycles. The molecule has 0 radical (unpaired) electrons. The monoisotopic (exact) mass is 662 g/mol. The van der Waals surface area contributed by atoms with Gasteiger partial charge in [0.2, 0.25) is 5.78 Å². The minimum Gasteiger partial charge on any atom is -0.423 e. The summed E-state index contributed by atoms with van der Waals surface area (Å²) < 4.78 is 22.4. The van der Waals surface area contributed by atoms with Crippen LogP contribution in [0.2, 0.25) is 0 Å². The van der Waals surface area contributed by atoms with E-state index in [4.69, 9.17) is 18.9 Å². The lowest BCUT2D eigenvalue weighted by molar-refractivity contribution is 0.0714. The van der Waals surface area contributed by atoms with E-state index in [0.717, 1.165) is 0 Å². The summed E-state index contributed by atoms with van der Waals surface area (Å²) in [7, 11) is 0. The smallest absolute Gasteiger partial charge is 0.343 e. The predicted octanol–water partition coefficient (Wildman–Crippen LogP) is 7.79. The zero-order chi connectivity index (χ0) is 34.9. The Labute approximate surface area is 286 Å². The van der Waals surface area contributed by atoms with Crippen molar-refractivity contribution in [2.45, 2.75) is 0 Å². The molecule has 0 spiro atoms. The number of ether oxygens (including phenoxy) is 4. The molecule has 0 aliphatic carbocycles. The highest BCUT2D eigenvalue weighted by molar-refractivity contribution is 6.13. The van der Waals surface area contributed by atoms with Crippen molar-refractivity contribution in [1.82, 2.24) is 0 Å². The molecule has 6 aromatic carbocycles. The van der Waals surface area contributed by atoms with Crippen LogP contribution in [0.3, 0.4) is 0 Å². The van der Waals surface area contributed by atoms with Crippen molar-refractivity contribution < 1.29 is 42.9 Å². The van der Waals surface area contributed by atoms with Crippen LogP contribution >= 0.6 is 0 Å². The van der Waals surface area contributed by atoms with E-state index in [1.54, 1.807) is 121 Å². The van der Waals surface area contributed by atoms with Crippen molar-refractivity contribution in [1.29, 1.82) is 0 Å². The van der Waals surface area contributed by atoms with Crippen LogP contribution in [0.25, 0.3) is 0 Å². The summed E-state index contributed by atoms with van der Waals surface area (Å²) >= 11 is 0. The summed E-state index contributed by atoms with van der Waals surface area (Å²) in [5, 5.41) is 0. The number of hydrogen-bond acceptors (Lipinski definition) is 9. The second-order valence-electron chi connectivity index (χ2n) is 10.7. The molecule has 9 nitrogen and oxygen atoms in total. The number of rotatable bonds is 10. The minimum absolute atomic E-state index is 0.00478. The van der Waals surface area contributed by atoms with Gasteiger partial charge in [-0.05, 0) is 72.8 Å². The Morgan fingerprint density at radius 1 is 0.320 bits per heavy atom. The van der Waals surface area contributed by atoms with Crippen molar-refractivity contribution in [3.05, 3.63) is 191 Å². The van der Waals surface area contributed by atoms with Gasteiger partial charge in [-0.25, -0.2) is 19.2 Å². The normalized spacial score (nSPS) is 10.4. The summed E-state index contributed by atoms with van der Waals surface area (Å²) in [4.78, 5) is 66.1. The standard InChI is InChI=1S/C41H26O9/c42-37(33-23-21-31(47-38(43)27-13-5-1-6-14-27)25-35(33)49-40(45)29-17-9-3-10-18-29)34-24-22-32(48-39(44)28-15-7-2-8-16-28)26-36(34)50-41(46)30-19-11-4-12-20-30/h1-26H. The molecular formula is C41H26O9. The third-order valence-electron chi connectivity index (χ3n) is 7.26. The van der Waals surface area contributed by atoms with Crippen LogP contribution in [0.1, 0.15) is 57.4 Å². The van der Waals surface area contributed by atoms with Gasteiger partial charge >= 0.3 is 23.9 Å². The summed E-state index contributed by atoms with van der Waals surface area (Å²) in [6, 6.07) is 40.7. The molecule has 0 unspecified atom stereocenters. The third-order valence-corrected chi connectivity index (χ3v) is 7.26. The molecular weight excluding hydrogens is 636 g/mol. The summed E-state index contributed by atoms with van der Waals surface area (Å²) in [6.45, 7) is 0. The second-order valence-corrected chi connectivity index (χ2v) is 10.7. The molecule has 0 aliphatic rings. The maximum Gasteiger partial charge on any atom is 0.343 e. The Morgan fingerprint density at radius 2 is 0.600 bits per heavy atom. The van der Waals surface area contributed by atoms with Crippen LogP contribution in [0.4, 0.5) is 0 Å². The van der Waals surface area contributed by atoms with Crippen LogP contribution < -0.4 is 18.9 Å². The Hall–Kier alpha value is -7.13. The topological polar surface area (TPSA) is 122 Å². The van der Waals surface area contributed by atoms with Crippen LogP contribution in [0.5, 0.6) is 23.0 Å². The molecule has 0 saturated carbocycles. The van der Waals surface area contributed by atoms with E-state index in [2.05, 4.69) is 0 Å². The van der Waals surface area contributed by atoms with E-state index in [1.807, 2.05) is 0 Å². The molecule has 0 bridgehead atoms. The number of benzene rings is 6. The molecule has 0 heterocycles. The van der Waals surface area contributed by atoms with Gasteiger partial charge < -0.3 is 18.9 Å². The van der Waals surface area contributed by atoms with Gasteiger partial charge in [-0.15, -0.1) is 0 Å². The Kier molecular flexibility index (Phi) is 9.96. The predicted molar refractivity (Wildman–Crippen MR) is 182 cm³/mol. The lowest BCUT2D eigenvalue weighted by Gasteiger charge is -2.15. The number of hydrogen-bond donors (Lipinski definition) is 0. The lowest BCUT2D eigenvalue weighted by atomic mass is 10.0. The van der Waals surface area contributed by atoms with Gasteiger partial charge in [0, 0.05) is 12.1 Å². The zero-order valence-electron chi connectivity index (χ0n) is 26.2. The van der Waals surface area contributed by atoms with Crippen LogP contribution in [-0.2, 0) is 0 Å². The molecule has 0 saturated heterocycles. The van der Waals surface area contributed by atoms with Crippen molar-refractivity contribution >= 4 is 29.7 Å². The second kappa shape index (κ2) is 15.2. The number of carbonyl (C=O) groups excluding carboxylic acids is 5. The lowest BCUT2D eigenvalue weighted by Crippen LogP contribution is -2.15. The zero-order valence-corrected chi connectivity index (χ0v) is 26.2. The average Bonchev–Trinajstić information content (AvgIpc) is 3.16. The Balaban J connectivity index is 1.37. The van der Waals surface area contributed by atoms with E-state index in [1.165, 1.54) is 36.4 Å². The number of esters is 4. The maximum absolute atomic E-state index is 14.2. The van der Waals surface area contributed by atoms with Gasteiger partial charge in [0.05, 0.1) is 33.4 Å². The van der Waals surface area contributed by atoms with Gasteiger partial charge in [0.15, 0.2) is 0 Å². The van der Waals surface area contributed by atoms with E-state index >= 15 is 0 Å². The molecule has 0 atom stereocenters.